The fourth-order valence-electron chi connectivity index (χ4n) is 2.13. The van der Waals surface area contributed by atoms with Gasteiger partial charge >= 0.3 is 0 Å². The Kier molecular flexibility index (Phi) is 5.60. The molecule has 1 fully saturated rings. The Labute approximate surface area is 95.1 Å². The van der Waals surface area contributed by atoms with Crippen LogP contribution in [0.15, 0.2) is 0 Å². The van der Waals surface area contributed by atoms with E-state index in [9.17, 15) is 10.2 Å². The highest BCUT2D eigenvalue weighted by Crippen LogP contribution is 2.28. The molecule has 2 N–H and O–H groups in total. The molecule has 6 nitrogen and oxygen atoms in total. The molecule has 5 atom stereocenters. The van der Waals surface area contributed by atoms with Crippen molar-refractivity contribution in [1.29, 1.82) is 0 Å². The summed E-state index contributed by atoms with van der Waals surface area (Å²) in [5, 5.41) is 19.0. The second-order valence-electron chi connectivity index (χ2n) is 3.77. The molecule has 96 valence electrons. The van der Waals surface area contributed by atoms with Gasteiger partial charge in [-0.2, -0.15) is 0 Å². The summed E-state index contributed by atoms with van der Waals surface area (Å²) in [4.78, 5) is 0. The van der Waals surface area contributed by atoms with Gasteiger partial charge in [0.1, 0.15) is 12.2 Å². The Hall–Kier alpha value is -0.240. The van der Waals surface area contributed by atoms with E-state index in [2.05, 4.69) is 0 Å². The minimum atomic E-state index is -1.08. The van der Waals surface area contributed by atoms with Gasteiger partial charge in [-0.1, -0.05) is 0 Å². The standard InChI is InChI=1S/C10H20O6/c1-13-5-7-8(14-2)6(4-11)9(15-3)10(12)16-7/h6-12H,4-5H2,1-3H3. The van der Waals surface area contributed by atoms with Crippen molar-refractivity contribution < 1.29 is 29.2 Å². The fraction of sp³-hybridized carbons (Fsp3) is 1.00. The summed E-state index contributed by atoms with van der Waals surface area (Å²) in [5.41, 5.74) is 0. The molecule has 0 aromatic heterocycles. The van der Waals surface area contributed by atoms with Gasteiger partial charge in [-0.25, -0.2) is 0 Å². The van der Waals surface area contributed by atoms with Crippen molar-refractivity contribution in [3.63, 3.8) is 0 Å². The van der Waals surface area contributed by atoms with Crippen molar-refractivity contribution in [1.82, 2.24) is 0 Å². The number of rotatable bonds is 5. The first-order valence-corrected chi connectivity index (χ1v) is 5.18. The van der Waals surface area contributed by atoms with Crippen LogP contribution in [0.3, 0.4) is 0 Å². The number of aliphatic hydroxyl groups excluding tert-OH is 2. The second kappa shape index (κ2) is 6.48. The third-order valence-corrected chi connectivity index (χ3v) is 2.89. The molecule has 0 aliphatic carbocycles. The van der Waals surface area contributed by atoms with Crippen LogP contribution in [0.4, 0.5) is 0 Å². The van der Waals surface area contributed by atoms with Crippen LogP contribution in [0.2, 0.25) is 0 Å². The largest absolute Gasteiger partial charge is 0.396 e. The zero-order valence-electron chi connectivity index (χ0n) is 9.83. The Balaban J connectivity index is 2.78. The van der Waals surface area contributed by atoms with Crippen LogP contribution >= 0.6 is 0 Å². The monoisotopic (exact) mass is 236 g/mol. The minimum Gasteiger partial charge on any atom is -0.396 e. The Morgan fingerprint density at radius 1 is 1.12 bits per heavy atom. The third-order valence-electron chi connectivity index (χ3n) is 2.89. The van der Waals surface area contributed by atoms with Crippen LogP contribution < -0.4 is 0 Å². The molecular formula is C10H20O6. The first-order chi connectivity index (χ1) is 7.69. The van der Waals surface area contributed by atoms with Gasteiger partial charge in [0.15, 0.2) is 6.29 Å². The van der Waals surface area contributed by atoms with E-state index in [-0.39, 0.29) is 18.6 Å². The smallest absolute Gasteiger partial charge is 0.182 e. The predicted octanol–water partition coefficient (Wildman–Crippen LogP) is -1.01. The molecule has 1 heterocycles. The van der Waals surface area contributed by atoms with E-state index in [0.29, 0.717) is 6.61 Å². The van der Waals surface area contributed by atoms with Crippen molar-refractivity contribution in [2.45, 2.75) is 24.6 Å². The maximum absolute atomic E-state index is 9.71. The highest BCUT2D eigenvalue weighted by atomic mass is 16.7. The van der Waals surface area contributed by atoms with Gasteiger partial charge in [0.25, 0.3) is 0 Å². The Morgan fingerprint density at radius 3 is 2.19 bits per heavy atom. The average Bonchev–Trinajstić information content (AvgIpc) is 2.28. The number of hydrogen-bond acceptors (Lipinski definition) is 6. The molecule has 1 saturated heterocycles. The Bertz CT molecular complexity index is 200. The molecule has 0 bridgehead atoms. The van der Waals surface area contributed by atoms with Crippen molar-refractivity contribution >= 4 is 0 Å². The molecule has 0 aromatic carbocycles. The third kappa shape index (κ3) is 2.71. The van der Waals surface area contributed by atoms with E-state index in [1.165, 1.54) is 14.2 Å². The molecule has 0 amide bonds. The maximum Gasteiger partial charge on any atom is 0.182 e. The summed E-state index contributed by atoms with van der Waals surface area (Å²) in [5.74, 6) is -0.334. The zero-order chi connectivity index (χ0) is 12.1. The first kappa shape index (κ1) is 13.8. The molecule has 0 saturated carbocycles. The van der Waals surface area contributed by atoms with E-state index in [4.69, 9.17) is 18.9 Å². The number of aliphatic hydroxyl groups is 2. The highest BCUT2D eigenvalue weighted by molar-refractivity contribution is 4.90. The van der Waals surface area contributed by atoms with Crippen LogP contribution in [0.5, 0.6) is 0 Å². The molecule has 0 aromatic rings. The summed E-state index contributed by atoms with van der Waals surface area (Å²) in [6, 6.07) is 0. The molecule has 5 unspecified atom stereocenters. The number of methoxy groups -OCH3 is 3. The minimum absolute atomic E-state index is 0.141. The molecule has 0 radical (unpaired) electrons. The van der Waals surface area contributed by atoms with E-state index in [1.807, 2.05) is 0 Å². The van der Waals surface area contributed by atoms with Crippen LogP contribution in [-0.4, -0.2) is 69.4 Å². The maximum atomic E-state index is 9.71. The summed E-state index contributed by atoms with van der Waals surface area (Å²) >= 11 is 0. The van der Waals surface area contributed by atoms with Crippen molar-refractivity contribution in [2.75, 3.05) is 34.5 Å². The summed E-state index contributed by atoms with van der Waals surface area (Å²) < 4.78 is 20.7. The normalized spacial score (nSPS) is 39.9. The van der Waals surface area contributed by atoms with Crippen molar-refractivity contribution in [2.24, 2.45) is 5.92 Å². The van der Waals surface area contributed by atoms with Crippen molar-refractivity contribution in [3.05, 3.63) is 0 Å². The lowest BCUT2D eigenvalue weighted by molar-refractivity contribution is -0.287. The average molecular weight is 236 g/mol. The van der Waals surface area contributed by atoms with Gasteiger partial charge in [-0.15, -0.1) is 0 Å². The molecule has 1 aliphatic heterocycles. The van der Waals surface area contributed by atoms with Gasteiger partial charge in [0.2, 0.25) is 0 Å². The summed E-state index contributed by atoms with van der Waals surface area (Å²) in [6.07, 6.45) is -2.44. The van der Waals surface area contributed by atoms with Gasteiger partial charge < -0.3 is 29.2 Å². The van der Waals surface area contributed by atoms with Gasteiger partial charge in [-0.05, 0) is 0 Å². The predicted molar refractivity (Wildman–Crippen MR) is 54.9 cm³/mol. The number of hydrogen-bond donors (Lipinski definition) is 2. The summed E-state index contributed by atoms with van der Waals surface area (Å²) in [6.45, 7) is 0.153. The lowest BCUT2D eigenvalue weighted by Crippen LogP contribution is -2.57. The highest BCUT2D eigenvalue weighted by Gasteiger charge is 2.45. The lowest BCUT2D eigenvalue weighted by atomic mass is 9.89. The SMILES string of the molecule is COCC1OC(O)C(OC)C(CO)C1OC. The quantitative estimate of drug-likeness (QED) is 0.637. The first-order valence-electron chi connectivity index (χ1n) is 5.18. The van der Waals surface area contributed by atoms with Crippen LogP contribution in [-0.2, 0) is 18.9 Å². The Morgan fingerprint density at radius 2 is 1.75 bits per heavy atom. The lowest BCUT2D eigenvalue weighted by Gasteiger charge is -2.43. The number of ether oxygens (including phenoxy) is 4. The van der Waals surface area contributed by atoms with Crippen LogP contribution in [0, 0.1) is 5.92 Å². The van der Waals surface area contributed by atoms with Crippen LogP contribution in [0.25, 0.3) is 0 Å². The molecule has 1 aliphatic rings. The van der Waals surface area contributed by atoms with Gasteiger partial charge in [0, 0.05) is 27.2 Å². The van der Waals surface area contributed by atoms with Crippen LogP contribution in [0.1, 0.15) is 0 Å². The van der Waals surface area contributed by atoms with E-state index in [1.54, 1.807) is 7.11 Å². The molecule has 6 heteroatoms. The molecule has 16 heavy (non-hydrogen) atoms. The summed E-state index contributed by atoms with van der Waals surface area (Å²) in [7, 11) is 4.53. The second-order valence-corrected chi connectivity index (χ2v) is 3.77. The topological polar surface area (TPSA) is 77.4 Å². The van der Waals surface area contributed by atoms with Gasteiger partial charge in [-0.3, -0.25) is 0 Å². The van der Waals surface area contributed by atoms with E-state index >= 15 is 0 Å². The molecule has 0 spiro atoms. The van der Waals surface area contributed by atoms with Crippen molar-refractivity contribution in [3.8, 4) is 0 Å². The van der Waals surface area contributed by atoms with E-state index < -0.39 is 18.5 Å². The molecular weight excluding hydrogens is 216 g/mol. The molecule has 1 rings (SSSR count). The zero-order valence-corrected chi connectivity index (χ0v) is 9.83. The fourth-order valence-corrected chi connectivity index (χ4v) is 2.13. The van der Waals surface area contributed by atoms with E-state index in [0.717, 1.165) is 0 Å². The van der Waals surface area contributed by atoms with Gasteiger partial charge in [0.05, 0.1) is 19.3 Å².